The maximum Gasteiger partial charge on any atom is 0.139 e. The van der Waals surface area contributed by atoms with Gasteiger partial charge in [0.05, 0.1) is 16.9 Å². The third-order valence-corrected chi connectivity index (χ3v) is 8.04. The van der Waals surface area contributed by atoms with Gasteiger partial charge in [-0.3, -0.25) is 0 Å². The molecule has 156 valence electrons. The smallest absolute Gasteiger partial charge is 0.139 e. The van der Waals surface area contributed by atoms with E-state index in [1.54, 1.807) is 0 Å². The number of benzene rings is 2. The molecule has 0 aliphatic carbocycles. The molecule has 1 atom stereocenters. The molecule has 2 aliphatic heterocycles. The highest BCUT2D eigenvalue weighted by atomic mass is 32.1. The number of thiophene rings is 2. The number of nitrogens with zero attached hydrogens (tertiary/aromatic N) is 2. The van der Waals surface area contributed by atoms with E-state index in [0.717, 1.165) is 43.3 Å². The molecule has 2 aromatic heterocycles. The van der Waals surface area contributed by atoms with Crippen molar-refractivity contribution in [2.75, 3.05) is 25.0 Å². The summed E-state index contributed by atoms with van der Waals surface area (Å²) in [5, 5.41) is 12.3. The number of nitrogens with one attached hydrogen (secondary N) is 2. The zero-order valence-corrected chi connectivity index (χ0v) is 19.0. The van der Waals surface area contributed by atoms with Crippen LogP contribution in [0.15, 0.2) is 65.0 Å². The largest absolute Gasteiger partial charge is 0.353 e. The first-order valence-electron chi connectivity index (χ1n) is 10.7. The van der Waals surface area contributed by atoms with Crippen molar-refractivity contribution < 1.29 is 0 Å². The number of fused-ring (bicyclic) bond motifs is 3. The van der Waals surface area contributed by atoms with E-state index in [9.17, 15) is 0 Å². The monoisotopic (exact) mass is 444 g/mol. The summed E-state index contributed by atoms with van der Waals surface area (Å²) in [5.41, 5.74) is 4.76. The number of piperazine rings is 1. The molecule has 0 unspecified atom stereocenters. The summed E-state index contributed by atoms with van der Waals surface area (Å²) in [5.74, 6) is 1.10. The fraction of sp³-hybridized carbons (Fsp3) is 0.240. The third kappa shape index (κ3) is 3.55. The van der Waals surface area contributed by atoms with Crippen molar-refractivity contribution >= 4 is 55.0 Å². The molecule has 31 heavy (non-hydrogen) atoms. The maximum absolute atomic E-state index is 5.16. The van der Waals surface area contributed by atoms with Gasteiger partial charge in [0.2, 0.25) is 0 Å². The number of para-hydroxylation sites is 2. The number of amidine groups is 1. The number of aliphatic imine (C=N–C) groups is 1. The Morgan fingerprint density at radius 3 is 2.97 bits per heavy atom. The molecule has 4 aromatic rings. The number of anilines is 2. The molecule has 0 radical (unpaired) electrons. The molecule has 0 amide bonds. The van der Waals surface area contributed by atoms with Gasteiger partial charge in [-0.2, -0.15) is 0 Å². The van der Waals surface area contributed by atoms with E-state index in [1.807, 2.05) is 22.7 Å². The van der Waals surface area contributed by atoms with Crippen LogP contribution < -0.4 is 10.6 Å². The van der Waals surface area contributed by atoms with Crippen LogP contribution in [-0.4, -0.2) is 36.4 Å². The molecule has 0 spiro atoms. The second kappa shape index (κ2) is 7.79. The van der Waals surface area contributed by atoms with Gasteiger partial charge in [-0.25, -0.2) is 4.99 Å². The van der Waals surface area contributed by atoms with Crippen LogP contribution in [0.4, 0.5) is 16.4 Å². The molecule has 0 saturated carbocycles. The Kier molecular flexibility index (Phi) is 4.78. The first-order valence-corrected chi connectivity index (χ1v) is 12.4. The lowest BCUT2D eigenvalue weighted by molar-refractivity contribution is 0.291. The Hall–Kier alpha value is -2.67. The summed E-state index contributed by atoms with van der Waals surface area (Å²) in [6, 6.07) is 19.8. The summed E-state index contributed by atoms with van der Waals surface area (Å²) in [4.78, 5) is 8.94. The van der Waals surface area contributed by atoms with Crippen molar-refractivity contribution in [1.82, 2.24) is 10.2 Å². The van der Waals surface area contributed by atoms with E-state index in [0.29, 0.717) is 6.04 Å². The van der Waals surface area contributed by atoms with Gasteiger partial charge in [-0.1, -0.05) is 30.3 Å². The lowest BCUT2D eigenvalue weighted by Gasteiger charge is -2.35. The van der Waals surface area contributed by atoms with E-state index < -0.39 is 0 Å². The highest BCUT2D eigenvalue weighted by Crippen LogP contribution is 2.39. The van der Waals surface area contributed by atoms with Crippen LogP contribution in [0.3, 0.4) is 0 Å². The maximum atomic E-state index is 5.16. The van der Waals surface area contributed by atoms with Gasteiger partial charge in [-0.05, 0) is 53.9 Å². The van der Waals surface area contributed by atoms with Gasteiger partial charge in [-0.15, -0.1) is 22.7 Å². The molecule has 2 N–H and O–H groups in total. The van der Waals surface area contributed by atoms with E-state index in [-0.39, 0.29) is 0 Å². The van der Waals surface area contributed by atoms with Crippen LogP contribution in [0.1, 0.15) is 16.0 Å². The van der Waals surface area contributed by atoms with Crippen LogP contribution in [0.2, 0.25) is 0 Å². The molecule has 2 aromatic carbocycles. The Labute approximate surface area is 190 Å². The summed E-state index contributed by atoms with van der Waals surface area (Å²) < 4.78 is 1.37. The molecule has 4 nitrogen and oxygen atoms in total. The molecular weight excluding hydrogens is 420 g/mol. The fourth-order valence-electron chi connectivity index (χ4n) is 4.60. The summed E-state index contributed by atoms with van der Waals surface area (Å²) in [7, 11) is 0. The first-order chi connectivity index (χ1) is 15.2. The average Bonchev–Trinajstić information content (AvgIpc) is 3.32. The molecule has 6 rings (SSSR count). The number of rotatable bonds is 2. The molecular formula is C25H24N4S2. The first kappa shape index (κ1) is 19.0. The molecule has 4 heterocycles. The summed E-state index contributed by atoms with van der Waals surface area (Å²) >= 11 is 3.66. The zero-order chi connectivity index (χ0) is 20.8. The van der Waals surface area contributed by atoms with E-state index in [2.05, 4.69) is 82.4 Å². The highest BCUT2D eigenvalue weighted by Gasteiger charge is 2.28. The SMILES string of the molecule is Cc1cc2c(s1)Nc1ccccc1N=C2N1CCN[C@@H](Cc2csc3ccccc23)C1. The zero-order valence-electron chi connectivity index (χ0n) is 17.4. The fourth-order valence-corrected chi connectivity index (χ4v) is 6.49. The van der Waals surface area contributed by atoms with Crippen molar-refractivity contribution in [3.8, 4) is 0 Å². The Morgan fingerprint density at radius 1 is 1.13 bits per heavy atom. The van der Waals surface area contributed by atoms with Gasteiger partial charge < -0.3 is 15.5 Å². The predicted octanol–water partition coefficient (Wildman–Crippen LogP) is 5.92. The van der Waals surface area contributed by atoms with E-state index in [1.165, 1.54) is 31.1 Å². The lowest BCUT2D eigenvalue weighted by Crippen LogP contribution is -2.53. The minimum Gasteiger partial charge on any atom is -0.353 e. The van der Waals surface area contributed by atoms with Crippen LogP contribution in [0.5, 0.6) is 0 Å². The van der Waals surface area contributed by atoms with E-state index >= 15 is 0 Å². The standard InChI is InChI=1S/C25H24N4S2/c1-16-12-20-24(27-21-7-3-4-8-22(21)28-25(20)31-16)29-11-10-26-18(14-29)13-17-15-30-23-9-5-2-6-19(17)23/h2-9,12,15,18,26,28H,10-11,13-14H2,1H3/t18-/m0/s1. The van der Waals surface area contributed by atoms with Gasteiger partial charge in [0, 0.05) is 35.3 Å². The Morgan fingerprint density at radius 2 is 2.00 bits per heavy atom. The minimum atomic E-state index is 0.407. The number of hydrogen-bond acceptors (Lipinski definition) is 6. The van der Waals surface area contributed by atoms with Crippen LogP contribution >= 0.6 is 22.7 Å². The Bertz CT molecular complexity index is 1290. The van der Waals surface area contributed by atoms with Gasteiger partial charge >= 0.3 is 0 Å². The van der Waals surface area contributed by atoms with Crippen molar-refractivity contribution in [3.63, 3.8) is 0 Å². The molecule has 1 saturated heterocycles. The van der Waals surface area contributed by atoms with Crippen molar-refractivity contribution in [2.45, 2.75) is 19.4 Å². The normalized spacial score (nSPS) is 18.2. The van der Waals surface area contributed by atoms with Gasteiger partial charge in [0.25, 0.3) is 0 Å². The summed E-state index contributed by atoms with van der Waals surface area (Å²) in [6.07, 6.45) is 1.04. The van der Waals surface area contributed by atoms with Crippen LogP contribution in [0, 0.1) is 6.92 Å². The molecule has 1 fully saturated rings. The highest BCUT2D eigenvalue weighted by molar-refractivity contribution is 7.17. The van der Waals surface area contributed by atoms with Crippen molar-refractivity contribution in [2.24, 2.45) is 4.99 Å². The van der Waals surface area contributed by atoms with Crippen LogP contribution in [0.25, 0.3) is 10.1 Å². The second-order valence-corrected chi connectivity index (χ2v) is 10.4. The van der Waals surface area contributed by atoms with Crippen molar-refractivity contribution in [1.29, 1.82) is 0 Å². The van der Waals surface area contributed by atoms with Gasteiger partial charge in [0.15, 0.2) is 0 Å². The average molecular weight is 445 g/mol. The van der Waals surface area contributed by atoms with E-state index in [4.69, 9.17) is 4.99 Å². The number of hydrogen-bond donors (Lipinski definition) is 2. The van der Waals surface area contributed by atoms with Crippen LogP contribution in [-0.2, 0) is 6.42 Å². The molecule has 0 bridgehead atoms. The number of aryl methyl sites for hydroxylation is 1. The molecule has 2 aliphatic rings. The van der Waals surface area contributed by atoms with Crippen molar-refractivity contribution in [3.05, 3.63) is 76.0 Å². The summed E-state index contributed by atoms with van der Waals surface area (Å²) in [6.45, 7) is 5.07. The second-order valence-electron chi connectivity index (χ2n) is 8.24. The predicted molar refractivity (Wildman–Crippen MR) is 134 cm³/mol. The topological polar surface area (TPSA) is 39.7 Å². The third-order valence-electron chi connectivity index (χ3n) is 6.06. The lowest BCUT2D eigenvalue weighted by atomic mass is 10.0. The Balaban J connectivity index is 1.32. The molecule has 6 heteroatoms. The quantitative estimate of drug-likeness (QED) is 0.403. The van der Waals surface area contributed by atoms with Gasteiger partial charge in [0.1, 0.15) is 10.8 Å². The minimum absolute atomic E-state index is 0.407.